The molecular weight excluding hydrogens is 308 g/mol. The van der Waals surface area contributed by atoms with Gasteiger partial charge in [0.1, 0.15) is 11.4 Å². The zero-order valence-corrected chi connectivity index (χ0v) is 11.2. The lowest BCUT2D eigenvalue weighted by molar-refractivity contribution is 0.205. The second kappa shape index (κ2) is 3.86. The molecule has 1 aliphatic rings. The van der Waals surface area contributed by atoms with Crippen molar-refractivity contribution in [2.75, 3.05) is 5.33 Å². The second-order valence-electron chi connectivity index (χ2n) is 3.85. The molecule has 1 aliphatic carbocycles. The van der Waals surface area contributed by atoms with Crippen LogP contribution in [0.5, 0.6) is 5.75 Å². The van der Waals surface area contributed by atoms with Crippen LogP contribution in [-0.2, 0) is 0 Å². The van der Waals surface area contributed by atoms with Gasteiger partial charge in [-0.1, -0.05) is 22.0 Å². The first-order chi connectivity index (χ1) is 6.65. The number of hydrogen-bond donors (Lipinski definition) is 0. The van der Waals surface area contributed by atoms with Crippen molar-refractivity contribution in [2.45, 2.75) is 25.4 Å². The second-order valence-corrected chi connectivity index (χ2v) is 5.27. The average Bonchev–Trinajstić information content (AvgIpc) is 2.91. The van der Waals surface area contributed by atoms with Crippen molar-refractivity contribution in [3.8, 4) is 5.75 Å². The van der Waals surface area contributed by atoms with E-state index in [1.165, 1.54) is 5.56 Å². The van der Waals surface area contributed by atoms with Crippen LogP contribution in [0.15, 0.2) is 22.7 Å². The van der Waals surface area contributed by atoms with Crippen LogP contribution in [0.1, 0.15) is 18.4 Å². The van der Waals surface area contributed by atoms with Crippen LogP contribution in [0.3, 0.4) is 0 Å². The van der Waals surface area contributed by atoms with Crippen molar-refractivity contribution in [3.05, 3.63) is 28.2 Å². The molecule has 0 aliphatic heterocycles. The van der Waals surface area contributed by atoms with Crippen molar-refractivity contribution in [2.24, 2.45) is 0 Å². The van der Waals surface area contributed by atoms with Gasteiger partial charge in [-0.05, 0) is 53.4 Å². The Morgan fingerprint density at radius 3 is 2.64 bits per heavy atom. The summed E-state index contributed by atoms with van der Waals surface area (Å²) in [6, 6.07) is 6.19. The number of rotatable bonds is 3. The van der Waals surface area contributed by atoms with E-state index >= 15 is 0 Å². The summed E-state index contributed by atoms with van der Waals surface area (Å²) >= 11 is 7.01. The zero-order chi connectivity index (χ0) is 10.2. The van der Waals surface area contributed by atoms with Gasteiger partial charge in [0.05, 0.1) is 4.47 Å². The number of hydrogen-bond acceptors (Lipinski definition) is 1. The molecule has 3 heteroatoms. The van der Waals surface area contributed by atoms with E-state index in [1.54, 1.807) is 0 Å². The van der Waals surface area contributed by atoms with Gasteiger partial charge in [0.2, 0.25) is 0 Å². The Balaban J connectivity index is 2.17. The van der Waals surface area contributed by atoms with E-state index in [0.29, 0.717) is 0 Å². The predicted molar refractivity (Wildman–Crippen MR) is 65.3 cm³/mol. The fraction of sp³-hybridized carbons (Fsp3) is 0.455. The molecule has 1 aromatic carbocycles. The molecule has 0 saturated heterocycles. The summed E-state index contributed by atoms with van der Waals surface area (Å²) in [5.41, 5.74) is 1.31. The largest absolute Gasteiger partial charge is 0.485 e. The third kappa shape index (κ3) is 2.14. The molecule has 0 spiro atoms. The van der Waals surface area contributed by atoms with Crippen LogP contribution >= 0.6 is 31.9 Å². The smallest absolute Gasteiger partial charge is 0.134 e. The lowest BCUT2D eigenvalue weighted by Gasteiger charge is -2.16. The topological polar surface area (TPSA) is 9.23 Å². The van der Waals surface area contributed by atoms with Gasteiger partial charge in [-0.2, -0.15) is 0 Å². The quantitative estimate of drug-likeness (QED) is 0.763. The van der Waals surface area contributed by atoms with Gasteiger partial charge in [-0.15, -0.1) is 0 Å². The maximum absolute atomic E-state index is 5.95. The van der Waals surface area contributed by atoms with Gasteiger partial charge < -0.3 is 4.74 Å². The first kappa shape index (κ1) is 10.5. The number of ether oxygens (including phenoxy) is 1. The Labute approximate surface area is 101 Å². The molecular formula is C11H12Br2O. The standard InChI is InChI=1S/C11H12Br2O/c1-8-2-3-10(9(13)6-8)14-11(7-12)4-5-11/h2-3,6H,4-5,7H2,1H3. The molecule has 2 rings (SSSR count). The molecule has 0 N–H and O–H groups in total. The molecule has 1 aromatic rings. The van der Waals surface area contributed by atoms with Gasteiger partial charge in [-0.25, -0.2) is 0 Å². The van der Waals surface area contributed by atoms with Gasteiger partial charge in [0.15, 0.2) is 0 Å². The van der Waals surface area contributed by atoms with E-state index in [-0.39, 0.29) is 5.60 Å². The molecule has 14 heavy (non-hydrogen) atoms. The maximum atomic E-state index is 5.95. The fourth-order valence-corrected chi connectivity index (χ4v) is 2.57. The lowest BCUT2D eigenvalue weighted by atomic mass is 10.2. The molecule has 1 saturated carbocycles. The fourth-order valence-electron chi connectivity index (χ4n) is 1.32. The molecule has 0 unspecified atom stereocenters. The molecule has 76 valence electrons. The number of halogens is 2. The highest BCUT2D eigenvalue weighted by atomic mass is 79.9. The van der Waals surface area contributed by atoms with Crippen LogP contribution < -0.4 is 4.74 Å². The van der Waals surface area contributed by atoms with Crippen molar-refractivity contribution in [1.82, 2.24) is 0 Å². The highest BCUT2D eigenvalue weighted by Gasteiger charge is 2.44. The summed E-state index contributed by atoms with van der Waals surface area (Å²) in [7, 11) is 0. The Morgan fingerprint density at radius 1 is 1.43 bits per heavy atom. The van der Waals surface area contributed by atoms with Crippen LogP contribution in [-0.4, -0.2) is 10.9 Å². The minimum absolute atomic E-state index is 0.0672. The van der Waals surface area contributed by atoms with E-state index < -0.39 is 0 Å². The van der Waals surface area contributed by atoms with Crippen LogP contribution in [0.4, 0.5) is 0 Å². The Hall–Kier alpha value is -0.0200. The Kier molecular flexibility index (Phi) is 2.89. The average molecular weight is 320 g/mol. The normalized spacial score (nSPS) is 17.9. The Bertz CT molecular complexity index is 345. The number of alkyl halides is 1. The van der Waals surface area contributed by atoms with Crippen LogP contribution in [0.2, 0.25) is 0 Å². The zero-order valence-electron chi connectivity index (χ0n) is 8.02. The summed E-state index contributed by atoms with van der Waals surface area (Å²) in [5, 5.41) is 0.917. The van der Waals surface area contributed by atoms with Crippen molar-refractivity contribution < 1.29 is 4.74 Å². The molecule has 1 nitrogen and oxygen atoms in total. The maximum Gasteiger partial charge on any atom is 0.134 e. The van der Waals surface area contributed by atoms with E-state index in [1.807, 2.05) is 6.07 Å². The predicted octanol–water partition coefficient (Wildman–Crippen LogP) is 4.06. The van der Waals surface area contributed by atoms with Crippen LogP contribution in [0, 0.1) is 6.92 Å². The molecule has 1 fully saturated rings. The number of benzene rings is 1. The first-order valence-electron chi connectivity index (χ1n) is 4.66. The molecule has 0 radical (unpaired) electrons. The molecule has 0 aromatic heterocycles. The third-order valence-corrected chi connectivity index (χ3v) is 4.11. The number of aryl methyl sites for hydroxylation is 1. The minimum atomic E-state index is 0.0672. The van der Waals surface area contributed by atoms with E-state index in [4.69, 9.17) is 4.74 Å². The van der Waals surface area contributed by atoms with Gasteiger partial charge in [0.25, 0.3) is 0 Å². The van der Waals surface area contributed by atoms with E-state index in [2.05, 4.69) is 50.9 Å². The SMILES string of the molecule is Cc1ccc(OC2(CBr)CC2)c(Br)c1. The van der Waals surface area contributed by atoms with Gasteiger partial charge >= 0.3 is 0 Å². The summed E-state index contributed by atoms with van der Waals surface area (Å²) in [5.74, 6) is 0.951. The summed E-state index contributed by atoms with van der Waals surface area (Å²) in [6.07, 6.45) is 2.30. The summed E-state index contributed by atoms with van der Waals surface area (Å²) in [4.78, 5) is 0. The molecule has 0 heterocycles. The summed E-state index contributed by atoms with van der Waals surface area (Å²) < 4.78 is 7.00. The highest BCUT2D eigenvalue weighted by molar-refractivity contribution is 9.10. The van der Waals surface area contributed by atoms with Crippen molar-refractivity contribution >= 4 is 31.9 Å². The third-order valence-electron chi connectivity index (χ3n) is 2.47. The van der Waals surface area contributed by atoms with Crippen molar-refractivity contribution in [1.29, 1.82) is 0 Å². The van der Waals surface area contributed by atoms with E-state index in [0.717, 1.165) is 28.4 Å². The first-order valence-corrected chi connectivity index (χ1v) is 6.58. The Morgan fingerprint density at radius 2 is 2.14 bits per heavy atom. The van der Waals surface area contributed by atoms with Gasteiger partial charge in [0, 0.05) is 5.33 Å². The summed E-state index contributed by atoms with van der Waals surface area (Å²) in [6.45, 7) is 2.08. The van der Waals surface area contributed by atoms with Gasteiger partial charge in [-0.3, -0.25) is 0 Å². The minimum Gasteiger partial charge on any atom is -0.485 e. The molecule has 0 amide bonds. The van der Waals surface area contributed by atoms with Crippen molar-refractivity contribution in [3.63, 3.8) is 0 Å². The van der Waals surface area contributed by atoms with E-state index in [9.17, 15) is 0 Å². The molecule has 0 bridgehead atoms. The molecule has 0 atom stereocenters. The monoisotopic (exact) mass is 318 g/mol. The highest BCUT2D eigenvalue weighted by Crippen LogP contribution is 2.43. The van der Waals surface area contributed by atoms with Crippen LogP contribution in [0.25, 0.3) is 0 Å². The lowest BCUT2D eigenvalue weighted by Crippen LogP contribution is -2.19.